The van der Waals surface area contributed by atoms with Gasteiger partial charge < -0.3 is 5.32 Å². The van der Waals surface area contributed by atoms with Crippen molar-refractivity contribution >= 4 is 11.7 Å². The fourth-order valence-corrected chi connectivity index (χ4v) is 3.08. The van der Waals surface area contributed by atoms with Crippen molar-refractivity contribution in [2.24, 2.45) is 0 Å². The number of aryl methyl sites for hydroxylation is 2. The summed E-state index contributed by atoms with van der Waals surface area (Å²) in [5.41, 5.74) is 4.35. The zero-order valence-corrected chi connectivity index (χ0v) is 12.1. The molecule has 0 saturated heterocycles. The highest BCUT2D eigenvalue weighted by molar-refractivity contribution is 5.91. The van der Waals surface area contributed by atoms with E-state index in [0.29, 0.717) is 12.8 Å². The Morgan fingerprint density at radius 3 is 2.21 bits per heavy atom. The first-order chi connectivity index (χ1) is 8.85. The van der Waals surface area contributed by atoms with E-state index in [-0.39, 0.29) is 11.7 Å². The van der Waals surface area contributed by atoms with E-state index in [4.69, 9.17) is 0 Å². The van der Waals surface area contributed by atoms with Crippen LogP contribution >= 0.6 is 0 Å². The molecule has 1 amide bonds. The standard InChI is InChI=1S/C16H21NO2/c1-10-5-6-11(2)15-9-16(12(3)18,17-13(4)19)8-7-14(10)15/h5-6H,7-9H2,1-4H3,(H,17,19). The van der Waals surface area contributed by atoms with E-state index >= 15 is 0 Å². The number of nitrogens with one attached hydrogen (secondary N) is 1. The molecule has 1 aliphatic rings. The van der Waals surface area contributed by atoms with Crippen LogP contribution < -0.4 is 5.32 Å². The molecular formula is C16H21NO2. The minimum absolute atomic E-state index is 0.0502. The summed E-state index contributed by atoms with van der Waals surface area (Å²) < 4.78 is 0. The van der Waals surface area contributed by atoms with Crippen molar-refractivity contribution in [1.29, 1.82) is 0 Å². The highest BCUT2D eigenvalue weighted by Gasteiger charge is 2.40. The lowest BCUT2D eigenvalue weighted by molar-refractivity contribution is -0.130. The second-order valence-electron chi connectivity index (χ2n) is 5.65. The summed E-state index contributed by atoms with van der Waals surface area (Å²) in [4.78, 5) is 23.5. The van der Waals surface area contributed by atoms with E-state index in [1.807, 2.05) is 0 Å². The average Bonchev–Trinajstić information content (AvgIpc) is 2.33. The second kappa shape index (κ2) is 4.80. The molecule has 0 bridgehead atoms. The number of Topliss-reactive ketones (excluding diaryl/α,β-unsaturated/α-hetero) is 1. The first kappa shape index (κ1) is 13.8. The third kappa shape index (κ3) is 2.42. The Balaban J connectivity index is 2.46. The molecule has 2 rings (SSSR count). The molecule has 0 fully saturated rings. The largest absolute Gasteiger partial charge is 0.343 e. The fourth-order valence-electron chi connectivity index (χ4n) is 3.08. The van der Waals surface area contributed by atoms with Crippen molar-refractivity contribution in [2.45, 2.75) is 52.5 Å². The molecule has 1 N–H and O–H groups in total. The molecule has 1 aromatic carbocycles. The number of hydrogen-bond acceptors (Lipinski definition) is 2. The minimum atomic E-state index is -0.711. The number of fused-ring (bicyclic) bond motifs is 1. The zero-order chi connectivity index (χ0) is 14.2. The lowest BCUT2D eigenvalue weighted by Gasteiger charge is -2.38. The third-order valence-electron chi connectivity index (χ3n) is 4.27. The molecule has 0 aliphatic heterocycles. The summed E-state index contributed by atoms with van der Waals surface area (Å²) in [6, 6.07) is 4.23. The fraction of sp³-hybridized carbons (Fsp3) is 0.500. The van der Waals surface area contributed by atoms with Gasteiger partial charge in [0.25, 0.3) is 0 Å². The smallest absolute Gasteiger partial charge is 0.217 e. The quantitative estimate of drug-likeness (QED) is 0.885. The van der Waals surface area contributed by atoms with Crippen molar-refractivity contribution in [3.63, 3.8) is 0 Å². The van der Waals surface area contributed by atoms with Gasteiger partial charge in [-0.3, -0.25) is 9.59 Å². The van der Waals surface area contributed by atoms with Crippen LogP contribution in [-0.4, -0.2) is 17.2 Å². The Morgan fingerprint density at radius 1 is 1.11 bits per heavy atom. The number of hydrogen-bond donors (Lipinski definition) is 1. The van der Waals surface area contributed by atoms with Gasteiger partial charge in [0.2, 0.25) is 5.91 Å². The van der Waals surface area contributed by atoms with Crippen molar-refractivity contribution in [3.8, 4) is 0 Å². The van der Waals surface area contributed by atoms with Gasteiger partial charge in [0.1, 0.15) is 5.54 Å². The molecule has 1 unspecified atom stereocenters. The van der Waals surface area contributed by atoms with Gasteiger partial charge in [0, 0.05) is 13.3 Å². The Hall–Kier alpha value is -1.64. The Morgan fingerprint density at radius 2 is 1.68 bits per heavy atom. The maximum absolute atomic E-state index is 12.0. The SMILES string of the molecule is CC(=O)NC1(C(C)=O)CCc2c(C)ccc(C)c2C1. The number of ketones is 1. The van der Waals surface area contributed by atoms with Gasteiger partial charge in [-0.15, -0.1) is 0 Å². The van der Waals surface area contributed by atoms with Gasteiger partial charge in [-0.25, -0.2) is 0 Å². The Kier molecular flexibility index (Phi) is 3.48. The Bertz CT molecular complexity index is 548. The molecule has 1 atom stereocenters. The maximum atomic E-state index is 12.0. The van der Waals surface area contributed by atoms with Crippen LogP contribution in [0.3, 0.4) is 0 Å². The monoisotopic (exact) mass is 259 g/mol. The summed E-state index contributed by atoms with van der Waals surface area (Å²) in [6.45, 7) is 7.23. The maximum Gasteiger partial charge on any atom is 0.217 e. The molecule has 102 valence electrons. The van der Waals surface area contributed by atoms with Crippen LogP contribution in [0, 0.1) is 13.8 Å². The van der Waals surface area contributed by atoms with E-state index in [1.165, 1.54) is 29.2 Å². The number of amides is 1. The van der Waals surface area contributed by atoms with Crippen LogP contribution in [0.25, 0.3) is 0 Å². The van der Waals surface area contributed by atoms with Gasteiger partial charge in [0.05, 0.1) is 0 Å². The van der Waals surface area contributed by atoms with Crippen LogP contribution in [0.5, 0.6) is 0 Å². The van der Waals surface area contributed by atoms with Crippen LogP contribution in [0.1, 0.15) is 42.5 Å². The van der Waals surface area contributed by atoms with Crippen molar-refractivity contribution in [1.82, 2.24) is 5.32 Å². The molecule has 3 heteroatoms. The summed E-state index contributed by atoms with van der Waals surface area (Å²) in [5.74, 6) is -0.0850. The number of rotatable bonds is 2. The number of carbonyl (C=O) groups is 2. The van der Waals surface area contributed by atoms with Crippen molar-refractivity contribution < 1.29 is 9.59 Å². The topological polar surface area (TPSA) is 46.2 Å². The first-order valence-corrected chi connectivity index (χ1v) is 6.73. The van der Waals surface area contributed by atoms with Crippen molar-refractivity contribution in [3.05, 3.63) is 34.4 Å². The minimum Gasteiger partial charge on any atom is -0.343 e. The summed E-state index contributed by atoms with van der Waals surface area (Å²) >= 11 is 0. The van der Waals surface area contributed by atoms with Crippen molar-refractivity contribution in [2.75, 3.05) is 0 Å². The van der Waals surface area contributed by atoms with E-state index in [9.17, 15) is 9.59 Å². The van der Waals surface area contributed by atoms with Crippen LogP contribution in [0.4, 0.5) is 0 Å². The van der Waals surface area contributed by atoms with Gasteiger partial charge in [-0.05, 0) is 55.9 Å². The highest BCUT2D eigenvalue weighted by atomic mass is 16.2. The van der Waals surface area contributed by atoms with E-state index in [0.717, 1.165) is 6.42 Å². The second-order valence-corrected chi connectivity index (χ2v) is 5.65. The zero-order valence-electron chi connectivity index (χ0n) is 12.1. The normalized spacial score (nSPS) is 21.7. The number of benzene rings is 1. The molecule has 0 aromatic heterocycles. The Labute approximate surface area is 114 Å². The molecular weight excluding hydrogens is 238 g/mol. The predicted molar refractivity (Wildman–Crippen MR) is 75.2 cm³/mol. The molecule has 1 aliphatic carbocycles. The molecule has 0 spiro atoms. The van der Waals surface area contributed by atoms with E-state index in [2.05, 4.69) is 31.3 Å². The molecule has 0 saturated carbocycles. The van der Waals surface area contributed by atoms with E-state index < -0.39 is 5.54 Å². The van der Waals surface area contributed by atoms with Gasteiger partial charge in [-0.1, -0.05) is 12.1 Å². The predicted octanol–water partition coefficient (Wildman–Crippen LogP) is 2.26. The van der Waals surface area contributed by atoms with Crippen LogP contribution in [-0.2, 0) is 22.4 Å². The lowest BCUT2D eigenvalue weighted by Crippen LogP contribution is -2.56. The summed E-state index contributed by atoms with van der Waals surface area (Å²) in [5, 5.41) is 2.89. The van der Waals surface area contributed by atoms with Gasteiger partial charge >= 0.3 is 0 Å². The highest BCUT2D eigenvalue weighted by Crippen LogP contribution is 2.33. The first-order valence-electron chi connectivity index (χ1n) is 6.73. The lowest BCUT2D eigenvalue weighted by atomic mass is 9.73. The molecule has 0 radical (unpaired) electrons. The van der Waals surface area contributed by atoms with Crippen LogP contribution in [0.2, 0.25) is 0 Å². The molecule has 3 nitrogen and oxygen atoms in total. The summed E-state index contributed by atoms with van der Waals surface area (Å²) in [7, 11) is 0. The molecule has 0 heterocycles. The summed E-state index contributed by atoms with van der Waals surface area (Å²) in [6.07, 6.45) is 2.16. The van der Waals surface area contributed by atoms with Gasteiger partial charge in [0.15, 0.2) is 5.78 Å². The molecule has 19 heavy (non-hydrogen) atoms. The van der Waals surface area contributed by atoms with E-state index in [1.54, 1.807) is 6.92 Å². The van der Waals surface area contributed by atoms with Gasteiger partial charge in [-0.2, -0.15) is 0 Å². The third-order valence-corrected chi connectivity index (χ3v) is 4.27. The number of carbonyl (C=O) groups excluding carboxylic acids is 2. The average molecular weight is 259 g/mol. The van der Waals surface area contributed by atoms with Crippen LogP contribution in [0.15, 0.2) is 12.1 Å². The molecule has 1 aromatic rings.